The lowest BCUT2D eigenvalue weighted by Gasteiger charge is -2.19. The molecule has 3 N–H and O–H groups in total. The first-order valence-corrected chi connectivity index (χ1v) is 7.27. The summed E-state index contributed by atoms with van der Waals surface area (Å²) in [6.07, 6.45) is 0.552. The van der Waals surface area contributed by atoms with Crippen molar-refractivity contribution in [3.63, 3.8) is 0 Å². The molecule has 0 bridgehead atoms. The van der Waals surface area contributed by atoms with Crippen LogP contribution in [0.1, 0.15) is 31.9 Å². The Labute approximate surface area is 125 Å². The maximum atomic E-state index is 11.9. The van der Waals surface area contributed by atoms with Gasteiger partial charge < -0.3 is 15.7 Å². The van der Waals surface area contributed by atoms with E-state index in [0.29, 0.717) is 6.42 Å². The van der Waals surface area contributed by atoms with Crippen molar-refractivity contribution in [2.24, 2.45) is 0 Å². The summed E-state index contributed by atoms with van der Waals surface area (Å²) in [7, 11) is 0. The fourth-order valence-electron chi connectivity index (χ4n) is 2.43. The highest BCUT2D eigenvalue weighted by Crippen LogP contribution is 2.23. The second kappa shape index (κ2) is 7.09. The molecule has 2 rings (SSSR count). The van der Waals surface area contributed by atoms with E-state index in [-0.39, 0.29) is 24.7 Å². The Kier molecular flexibility index (Phi) is 5.17. The van der Waals surface area contributed by atoms with Crippen molar-refractivity contribution >= 4 is 16.8 Å². The van der Waals surface area contributed by atoms with Crippen molar-refractivity contribution in [2.45, 2.75) is 32.4 Å². The zero-order valence-corrected chi connectivity index (χ0v) is 12.5. The molecule has 0 saturated heterocycles. The Bertz CT molecular complexity index is 607. The smallest absolute Gasteiger partial charge is 0.315 e. The third kappa shape index (κ3) is 3.95. The molecule has 0 heterocycles. The molecule has 4 heteroatoms. The Hall–Kier alpha value is -2.07. The molecule has 2 aromatic carbocycles. The number of fused-ring (bicyclic) bond motifs is 1. The summed E-state index contributed by atoms with van der Waals surface area (Å²) in [5, 5.41) is 16.9. The quantitative estimate of drug-likeness (QED) is 0.791. The van der Waals surface area contributed by atoms with Crippen LogP contribution >= 0.6 is 0 Å². The molecular weight excluding hydrogens is 264 g/mol. The maximum Gasteiger partial charge on any atom is 0.315 e. The third-order valence-corrected chi connectivity index (χ3v) is 3.58. The fourth-order valence-corrected chi connectivity index (χ4v) is 2.43. The standard InChI is InChI=1S/C17H22N2O2/c1-12(10-11-20)18-17(21)19-13(2)15-9-5-7-14-6-3-4-8-16(14)15/h3-9,12-13,20H,10-11H2,1-2H3,(H2,18,19,21)/t12-,13?/m1/s1. The SMILES string of the molecule is CC(NC(=O)N[C@H](C)CCO)c1cccc2ccccc12. The summed E-state index contributed by atoms with van der Waals surface area (Å²) >= 11 is 0. The molecule has 0 aliphatic heterocycles. The van der Waals surface area contributed by atoms with E-state index in [9.17, 15) is 4.79 Å². The Balaban J connectivity index is 2.08. The summed E-state index contributed by atoms with van der Waals surface area (Å²) in [6, 6.07) is 13.9. The zero-order valence-electron chi connectivity index (χ0n) is 12.5. The molecule has 0 spiro atoms. The van der Waals surface area contributed by atoms with E-state index in [0.717, 1.165) is 16.3 Å². The molecule has 4 nitrogen and oxygen atoms in total. The van der Waals surface area contributed by atoms with Crippen LogP contribution in [0.5, 0.6) is 0 Å². The lowest BCUT2D eigenvalue weighted by molar-refractivity contribution is 0.228. The second-order valence-corrected chi connectivity index (χ2v) is 5.32. The average molecular weight is 286 g/mol. The summed E-state index contributed by atoms with van der Waals surface area (Å²) < 4.78 is 0. The Morgan fingerprint density at radius 1 is 1.10 bits per heavy atom. The van der Waals surface area contributed by atoms with E-state index in [1.807, 2.05) is 38.1 Å². The first-order chi connectivity index (χ1) is 10.1. The molecule has 21 heavy (non-hydrogen) atoms. The molecule has 0 aromatic heterocycles. The topological polar surface area (TPSA) is 61.4 Å². The van der Waals surface area contributed by atoms with Crippen LogP contribution in [-0.2, 0) is 0 Å². The third-order valence-electron chi connectivity index (χ3n) is 3.58. The lowest BCUT2D eigenvalue weighted by atomic mass is 10.00. The molecule has 0 fully saturated rings. The number of nitrogens with one attached hydrogen (secondary N) is 2. The van der Waals surface area contributed by atoms with Gasteiger partial charge in [-0.15, -0.1) is 0 Å². The van der Waals surface area contributed by atoms with Crippen LogP contribution in [0.2, 0.25) is 0 Å². The monoisotopic (exact) mass is 286 g/mol. The van der Waals surface area contributed by atoms with Crippen molar-refractivity contribution < 1.29 is 9.90 Å². The van der Waals surface area contributed by atoms with Crippen LogP contribution in [0, 0.1) is 0 Å². The molecule has 0 aliphatic rings. The number of carbonyl (C=O) groups is 1. The number of aliphatic hydroxyl groups is 1. The van der Waals surface area contributed by atoms with Gasteiger partial charge in [-0.1, -0.05) is 42.5 Å². The highest BCUT2D eigenvalue weighted by Gasteiger charge is 2.13. The summed E-state index contributed by atoms with van der Waals surface area (Å²) in [4.78, 5) is 11.9. The Morgan fingerprint density at radius 3 is 2.57 bits per heavy atom. The molecule has 1 unspecified atom stereocenters. The first kappa shape index (κ1) is 15.3. The maximum absolute atomic E-state index is 11.9. The summed E-state index contributed by atoms with van der Waals surface area (Å²) in [5.74, 6) is 0. The van der Waals surface area contributed by atoms with Gasteiger partial charge in [-0.05, 0) is 36.6 Å². The average Bonchev–Trinajstić information content (AvgIpc) is 2.46. The minimum Gasteiger partial charge on any atom is -0.396 e. The minimum atomic E-state index is -0.212. The van der Waals surface area contributed by atoms with Crippen molar-refractivity contribution in [1.29, 1.82) is 0 Å². The van der Waals surface area contributed by atoms with E-state index in [1.165, 1.54) is 0 Å². The van der Waals surface area contributed by atoms with E-state index in [2.05, 4.69) is 28.8 Å². The van der Waals surface area contributed by atoms with E-state index >= 15 is 0 Å². The van der Waals surface area contributed by atoms with Crippen LogP contribution in [0.15, 0.2) is 42.5 Å². The van der Waals surface area contributed by atoms with Gasteiger partial charge in [0, 0.05) is 12.6 Å². The van der Waals surface area contributed by atoms with Crippen molar-refractivity contribution in [3.05, 3.63) is 48.0 Å². The molecule has 0 aliphatic carbocycles. The van der Waals surface area contributed by atoms with Gasteiger partial charge in [-0.2, -0.15) is 0 Å². The van der Waals surface area contributed by atoms with Crippen LogP contribution in [0.3, 0.4) is 0 Å². The van der Waals surface area contributed by atoms with Gasteiger partial charge in [-0.3, -0.25) is 0 Å². The number of aliphatic hydroxyl groups excluding tert-OH is 1. The van der Waals surface area contributed by atoms with E-state index < -0.39 is 0 Å². The Morgan fingerprint density at radius 2 is 1.81 bits per heavy atom. The lowest BCUT2D eigenvalue weighted by Crippen LogP contribution is -2.42. The van der Waals surface area contributed by atoms with Crippen molar-refractivity contribution in [1.82, 2.24) is 10.6 Å². The van der Waals surface area contributed by atoms with Gasteiger partial charge in [-0.25, -0.2) is 4.79 Å². The predicted octanol–water partition coefficient (Wildman–Crippen LogP) is 2.97. The molecular formula is C17H22N2O2. The van der Waals surface area contributed by atoms with E-state index in [4.69, 9.17) is 5.11 Å². The van der Waals surface area contributed by atoms with Crippen LogP contribution in [0.4, 0.5) is 4.79 Å². The van der Waals surface area contributed by atoms with Gasteiger partial charge in [0.25, 0.3) is 0 Å². The number of benzene rings is 2. The highest BCUT2D eigenvalue weighted by molar-refractivity contribution is 5.86. The molecule has 2 atom stereocenters. The number of hydrogen-bond acceptors (Lipinski definition) is 2. The first-order valence-electron chi connectivity index (χ1n) is 7.27. The number of carbonyl (C=O) groups excluding carboxylic acids is 1. The molecule has 2 aromatic rings. The number of rotatable bonds is 5. The highest BCUT2D eigenvalue weighted by atomic mass is 16.3. The summed E-state index contributed by atoms with van der Waals surface area (Å²) in [6.45, 7) is 3.91. The van der Waals surface area contributed by atoms with Gasteiger partial charge in [0.05, 0.1) is 6.04 Å². The normalized spacial score (nSPS) is 13.7. The van der Waals surface area contributed by atoms with Gasteiger partial charge >= 0.3 is 6.03 Å². The van der Waals surface area contributed by atoms with Crippen molar-refractivity contribution in [2.75, 3.05) is 6.61 Å². The molecule has 0 radical (unpaired) electrons. The number of amides is 2. The van der Waals surface area contributed by atoms with Crippen molar-refractivity contribution in [3.8, 4) is 0 Å². The minimum absolute atomic E-state index is 0.0466. The molecule has 2 amide bonds. The van der Waals surface area contributed by atoms with Gasteiger partial charge in [0.15, 0.2) is 0 Å². The largest absolute Gasteiger partial charge is 0.396 e. The molecule has 0 saturated carbocycles. The number of urea groups is 1. The zero-order chi connectivity index (χ0) is 15.2. The number of hydrogen-bond donors (Lipinski definition) is 3. The fraction of sp³-hybridized carbons (Fsp3) is 0.353. The van der Waals surface area contributed by atoms with Gasteiger partial charge in [0.2, 0.25) is 0 Å². The van der Waals surface area contributed by atoms with E-state index in [1.54, 1.807) is 0 Å². The summed E-state index contributed by atoms with van der Waals surface area (Å²) in [5.41, 5.74) is 1.10. The van der Waals surface area contributed by atoms with Crippen LogP contribution < -0.4 is 10.6 Å². The van der Waals surface area contributed by atoms with Crippen LogP contribution in [0.25, 0.3) is 10.8 Å². The van der Waals surface area contributed by atoms with Crippen LogP contribution in [-0.4, -0.2) is 23.8 Å². The predicted molar refractivity (Wildman–Crippen MR) is 85.2 cm³/mol. The van der Waals surface area contributed by atoms with Gasteiger partial charge in [0.1, 0.15) is 0 Å². The molecule has 112 valence electrons. The second-order valence-electron chi connectivity index (χ2n) is 5.32.